The maximum Gasteiger partial charge on any atom is 0.123 e. The van der Waals surface area contributed by atoms with Gasteiger partial charge < -0.3 is 4.79 Å². The standard InChI is InChI=1S/C12H20O/c1-12(2)5-3-9(4-6-12)11-7-10(11)8-13/h8-11H,3-7H2,1-2H3/t10-,11+/m1/s1. The zero-order chi connectivity index (χ0) is 9.47. The molecule has 0 aromatic rings. The zero-order valence-corrected chi connectivity index (χ0v) is 8.75. The first-order chi connectivity index (χ1) is 6.12. The molecule has 0 bridgehead atoms. The molecule has 2 rings (SSSR count). The zero-order valence-electron chi connectivity index (χ0n) is 8.75. The third-order valence-corrected chi connectivity index (χ3v) is 4.06. The molecule has 0 aromatic heterocycles. The Kier molecular flexibility index (Phi) is 2.21. The number of rotatable bonds is 2. The fourth-order valence-corrected chi connectivity index (χ4v) is 2.78. The Hall–Kier alpha value is -0.330. The summed E-state index contributed by atoms with van der Waals surface area (Å²) in [6.45, 7) is 4.74. The molecule has 0 N–H and O–H groups in total. The second-order valence-electron chi connectivity index (χ2n) is 5.70. The highest BCUT2D eigenvalue weighted by atomic mass is 16.1. The molecule has 0 heterocycles. The first kappa shape index (κ1) is 9.23. The average molecular weight is 180 g/mol. The maximum absolute atomic E-state index is 10.5. The van der Waals surface area contributed by atoms with Gasteiger partial charge in [-0.1, -0.05) is 13.8 Å². The smallest absolute Gasteiger partial charge is 0.123 e. The molecule has 0 amide bonds. The predicted molar refractivity (Wildman–Crippen MR) is 53.4 cm³/mol. The van der Waals surface area contributed by atoms with Crippen LogP contribution in [0.25, 0.3) is 0 Å². The fraction of sp³-hybridized carbons (Fsp3) is 0.917. The van der Waals surface area contributed by atoms with Crippen molar-refractivity contribution in [3.63, 3.8) is 0 Å². The van der Waals surface area contributed by atoms with Crippen molar-refractivity contribution in [2.24, 2.45) is 23.2 Å². The minimum absolute atomic E-state index is 0.436. The van der Waals surface area contributed by atoms with Gasteiger partial charge in [0, 0.05) is 5.92 Å². The van der Waals surface area contributed by atoms with Gasteiger partial charge >= 0.3 is 0 Å². The van der Waals surface area contributed by atoms with Gasteiger partial charge in [0.15, 0.2) is 0 Å². The molecule has 0 unspecified atom stereocenters. The van der Waals surface area contributed by atoms with Crippen LogP contribution >= 0.6 is 0 Å². The van der Waals surface area contributed by atoms with Crippen molar-refractivity contribution >= 4 is 6.29 Å². The van der Waals surface area contributed by atoms with Crippen LogP contribution in [0.4, 0.5) is 0 Å². The minimum atomic E-state index is 0.436. The van der Waals surface area contributed by atoms with Gasteiger partial charge in [-0.25, -0.2) is 0 Å². The van der Waals surface area contributed by atoms with Crippen LogP contribution in [0.2, 0.25) is 0 Å². The largest absolute Gasteiger partial charge is 0.303 e. The van der Waals surface area contributed by atoms with E-state index in [0.29, 0.717) is 11.3 Å². The van der Waals surface area contributed by atoms with E-state index >= 15 is 0 Å². The molecule has 1 heteroatoms. The Bertz CT molecular complexity index is 197. The lowest BCUT2D eigenvalue weighted by Gasteiger charge is -2.34. The first-order valence-electron chi connectivity index (χ1n) is 5.58. The minimum Gasteiger partial charge on any atom is -0.303 e. The van der Waals surface area contributed by atoms with E-state index in [1.54, 1.807) is 0 Å². The van der Waals surface area contributed by atoms with E-state index in [1.165, 1.54) is 38.4 Å². The van der Waals surface area contributed by atoms with Gasteiger partial charge in [0.2, 0.25) is 0 Å². The molecule has 2 saturated carbocycles. The second-order valence-corrected chi connectivity index (χ2v) is 5.70. The SMILES string of the molecule is CC1(C)CCC([C@@H]2C[C@@H]2C=O)CC1. The van der Waals surface area contributed by atoms with Crippen molar-refractivity contribution in [3.05, 3.63) is 0 Å². The molecule has 13 heavy (non-hydrogen) atoms. The van der Waals surface area contributed by atoms with Gasteiger partial charge in [0.05, 0.1) is 0 Å². The summed E-state index contributed by atoms with van der Waals surface area (Å²) < 4.78 is 0. The van der Waals surface area contributed by atoms with Crippen molar-refractivity contribution in [3.8, 4) is 0 Å². The number of hydrogen-bond acceptors (Lipinski definition) is 1. The van der Waals surface area contributed by atoms with E-state index in [2.05, 4.69) is 13.8 Å². The third-order valence-electron chi connectivity index (χ3n) is 4.06. The summed E-state index contributed by atoms with van der Waals surface area (Å²) in [6.07, 6.45) is 7.81. The second kappa shape index (κ2) is 3.11. The van der Waals surface area contributed by atoms with E-state index in [4.69, 9.17) is 0 Å². The highest BCUT2D eigenvalue weighted by Gasteiger charge is 2.44. The molecule has 0 saturated heterocycles. The van der Waals surface area contributed by atoms with Crippen molar-refractivity contribution in [1.29, 1.82) is 0 Å². The molecular weight excluding hydrogens is 160 g/mol. The maximum atomic E-state index is 10.5. The highest BCUT2D eigenvalue weighted by molar-refractivity contribution is 5.58. The lowest BCUT2D eigenvalue weighted by Crippen LogP contribution is -2.22. The summed E-state index contributed by atoms with van der Waals surface area (Å²) in [7, 11) is 0. The number of carbonyl (C=O) groups excluding carboxylic acids is 1. The van der Waals surface area contributed by atoms with Crippen molar-refractivity contribution in [2.45, 2.75) is 46.0 Å². The molecule has 0 spiro atoms. The lowest BCUT2D eigenvalue weighted by atomic mass is 9.71. The number of hydrogen-bond donors (Lipinski definition) is 0. The molecule has 2 atom stereocenters. The van der Waals surface area contributed by atoms with Gasteiger partial charge in [0.1, 0.15) is 6.29 Å². The fourth-order valence-electron chi connectivity index (χ4n) is 2.78. The molecule has 0 aromatic carbocycles. The van der Waals surface area contributed by atoms with Crippen LogP contribution in [-0.4, -0.2) is 6.29 Å². The summed E-state index contributed by atoms with van der Waals surface area (Å²) >= 11 is 0. The first-order valence-corrected chi connectivity index (χ1v) is 5.58. The monoisotopic (exact) mass is 180 g/mol. The Balaban J connectivity index is 1.82. The summed E-state index contributed by atoms with van der Waals surface area (Å²) in [5.74, 6) is 2.09. The number of aldehydes is 1. The third kappa shape index (κ3) is 1.95. The van der Waals surface area contributed by atoms with E-state index in [9.17, 15) is 4.79 Å². The van der Waals surface area contributed by atoms with Crippen LogP contribution in [0.15, 0.2) is 0 Å². The predicted octanol–water partition coefficient (Wildman–Crippen LogP) is 3.04. The van der Waals surface area contributed by atoms with E-state index < -0.39 is 0 Å². The van der Waals surface area contributed by atoms with Crippen molar-refractivity contribution < 1.29 is 4.79 Å². The molecular formula is C12H20O. The Morgan fingerprint density at radius 1 is 1.23 bits per heavy atom. The highest BCUT2D eigenvalue weighted by Crippen LogP contribution is 2.51. The summed E-state index contributed by atoms with van der Waals surface area (Å²) in [5, 5.41) is 0. The van der Waals surface area contributed by atoms with Crippen LogP contribution in [0.5, 0.6) is 0 Å². The Morgan fingerprint density at radius 3 is 2.31 bits per heavy atom. The van der Waals surface area contributed by atoms with Crippen LogP contribution in [0.1, 0.15) is 46.0 Å². The molecule has 1 nitrogen and oxygen atoms in total. The topological polar surface area (TPSA) is 17.1 Å². The van der Waals surface area contributed by atoms with Gasteiger partial charge in [-0.15, -0.1) is 0 Å². The normalized spacial score (nSPS) is 38.6. The van der Waals surface area contributed by atoms with Gasteiger partial charge in [0.25, 0.3) is 0 Å². The van der Waals surface area contributed by atoms with Crippen molar-refractivity contribution in [1.82, 2.24) is 0 Å². The molecule has 74 valence electrons. The summed E-state index contributed by atoms with van der Waals surface area (Å²) in [5.41, 5.74) is 0.571. The van der Waals surface area contributed by atoms with Gasteiger partial charge in [-0.2, -0.15) is 0 Å². The number of carbonyl (C=O) groups is 1. The molecule has 2 aliphatic rings. The Morgan fingerprint density at radius 2 is 1.85 bits per heavy atom. The quantitative estimate of drug-likeness (QED) is 0.597. The van der Waals surface area contributed by atoms with Crippen LogP contribution in [0.3, 0.4) is 0 Å². The summed E-state index contributed by atoms with van der Waals surface area (Å²) in [4.78, 5) is 10.5. The summed E-state index contributed by atoms with van der Waals surface area (Å²) in [6, 6.07) is 0. The van der Waals surface area contributed by atoms with Crippen LogP contribution in [-0.2, 0) is 4.79 Å². The van der Waals surface area contributed by atoms with Crippen LogP contribution < -0.4 is 0 Å². The van der Waals surface area contributed by atoms with Gasteiger partial charge in [-0.3, -0.25) is 0 Å². The Labute approximate surface area is 80.9 Å². The van der Waals surface area contributed by atoms with E-state index in [0.717, 1.165) is 11.8 Å². The molecule has 0 radical (unpaired) electrons. The molecule has 2 aliphatic carbocycles. The lowest BCUT2D eigenvalue weighted by molar-refractivity contribution is -0.109. The molecule has 0 aliphatic heterocycles. The van der Waals surface area contributed by atoms with Crippen LogP contribution in [0, 0.1) is 23.2 Å². The average Bonchev–Trinajstić information content (AvgIpc) is 2.83. The van der Waals surface area contributed by atoms with Gasteiger partial charge in [-0.05, 0) is 49.4 Å². The molecule has 2 fully saturated rings. The van der Waals surface area contributed by atoms with E-state index in [-0.39, 0.29) is 0 Å². The van der Waals surface area contributed by atoms with Crippen molar-refractivity contribution in [2.75, 3.05) is 0 Å². The van der Waals surface area contributed by atoms with E-state index in [1.807, 2.05) is 0 Å².